The molecule has 0 aromatic carbocycles. The van der Waals surface area contributed by atoms with E-state index in [1.54, 1.807) is 18.0 Å². The summed E-state index contributed by atoms with van der Waals surface area (Å²) in [6, 6.07) is 5.50. The Hall–Kier alpha value is -1.60. The number of pyridine rings is 1. The van der Waals surface area contributed by atoms with Crippen LogP contribution in [0.1, 0.15) is 42.5 Å². The zero-order chi connectivity index (χ0) is 13.9. The van der Waals surface area contributed by atoms with E-state index in [-0.39, 0.29) is 11.1 Å². The molecule has 100 valence electrons. The van der Waals surface area contributed by atoms with E-state index in [0.717, 1.165) is 32.1 Å². The quantitative estimate of drug-likeness (QED) is 0.781. The molecule has 2 rings (SSSR count). The van der Waals surface area contributed by atoms with Gasteiger partial charge >= 0.3 is 0 Å². The second-order valence-corrected chi connectivity index (χ2v) is 5.32. The van der Waals surface area contributed by atoms with Gasteiger partial charge in [0.2, 0.25) is 0 Å². The third kappa shape index (κ3) is 2.71. The molecule has 19 heavy (non-hydrogen) atoms. The van der Waals surface area contributed by atoms with Crippen LogP contribution in [-0.4, -0.2) is 28.4 Å². The van der Waals surface area contributed by atoms with Gasteiger partial charge in [-0.2, -0.15) is 5.26 Å². The molecule has 5 heteroatoms. The maximum atomic E-state index is 12.4. The predicted octanol–water partition coefficient (Wildman–Crippen LogP) is 3.03. The average molecular weight is 278 g/mol. The molecule has 1 aromatic heterocycles. The van der Waals surface area contributed by atoms with Gasteiger partial charge in [0.15, 0.2) is 0 Å². The standard InChI is InChI=1S/C14H16ClN3O/c1-18(14(10-16)6-3-2-4-7-14)13(19)11-5-8-17-12(15)9-11/h5,8-9H,2-4,6-7H2,1H3. The first kappa shape index (κ1) is 13.8. The Balaban J connectivity index is 2.25. The number of hydrogen-bond donors (Lipinski definition) is 0. The van der Waals surface area contributed by atoms with Gasteiger partial charge in [-0.05, 0) is 25.0 Å². The highest BCUT2D eigenvalue weighted by molar-refractivity contribution is 6.29. The topological polar surface area (TPSA) is 57.0 Å². The first-order valence-corrected chi connectivity index (χ1v) is 6.78. The highest BCUT2D eigenvalue weighted by Crippen LogP contribution is 2.33. The van der Waals surface area contributed by atoms with E-state index in [1.807, 2.05) is 0 Å². The highest BCUT2D eigenvalue weighted by Gasteiger charge is 2.39. The monoisotopic (exact) mass is 277 g/mol. The Kier molecular flexibility index (Phi) is 4.06. The molecule has 0 unspecified atom stereocenters. The zero-order valence-corrected chi connectivity index (χ0v) is 11.7. The summed E-state index contributed by atoms with van der Waals surface area (Å²) in [5.74, 6) is -0.173. The fourth-order valence-corrected chi connectivity index (χ4v) is 2.76. The number of nitrogens with zero attached hydrogens (tertiary/aromatic N) is 3. The molecule has 4 nitrogen and oxygen atoms in total. The maximum Gasteiger partial charge on any atom is 0.255 e. The molecule has 0 aliphatic heterocycles. The Morgan fingerprint density at radius 3 is 2.74 bits per heavy atom. The number of halogens is 1. The number of rotatable bonds is 2. The van der Waals surface area contributed by atoms with E-state index in [1.165, 1.54) is 12.3 Å². The average Bonchev–Trinajstić information content (AvgIpc) is 2.46. The number of amides is 1. The molecule has 1 fully saturated rings. The van der Waals surface area contributed by atoms with Crippen LogP contribution >= 0.6 is 11.6 Å². The molecule has 1 amide bonds. The van der Waals surface area contributed by atoms with Crippen LogP contribution in [0, 0.1) is 11.3 Å². The second-order valence-electron chi connectivity index (χ2n) is 4.94. The molecule has 0 bridgehead atoms. The summed E-state index contributed by atoms with van der Waals surface area (Å²) in [6.07, 6.45) is 6.09. The van der Waals surface area contributed by atoms with Gasteiger partial charge in [0, 0.05) is 18.8 Å². The molecular weight excluding hydrogens is 262 g/mol. The lowest BCUT2D eigenvalue weighted by atomic mass is 9.81. The summed E-state index contributed by atoms with van der Waals surface area (Å²) in [5.41, 5.74) is -0.201. The van der Waals surface area contributed by atoms with Crippen LogP contribution in [-0.2, 0) is 0 Å². The SMILES string of the molecule is CN(C(=O)c1ccnc(Cl)c1)C1(C#N)CCCCC1. The number of aromatic nitrogens is 1. The normalized spacial score (nSPS) is 17.5. The summed E-state index contributed by atoms with van der Waals surface area (Å²) in [7, 11) is 1.70. The Morgan fingerprint density at radius 2 is 2.16 bits per heavy atom. The van der Waals surface area contributed by atoms with Crippen molar-refractivity contribution in [1.82, 2.24) is 9.88 Å². The molecule has 1 saturated carbocycles. The van der Waals surface area contributed by atoms with Crippen LogP contribution in [0.5, 0.6) is 0 Å². The van der Waals surface area contributed by atoms with Crippen molar-refractivity contribution in [3.05, 3.63) is 29.0 Å². The lowest BCUT2D eigenvalue weighted by Crippen LogP contribution is -2.49. The number of carbonyl (C=O) groups is 1. The van der Waals surface area contributed by atoms with Crippen LogP contribution in [0.15, 0.2) is 18.3 Å². The Morgan fingerprint density at radius 1 is 1.47 bits per heavy atom. The van der Waals surface area contributed by atoms with E-state index in [2.05, 4.69) is 11.1 Å². The fraction of sp³-hybridized carbons (Fsp3) is 0.500. The van der Waals surface area contributed by atoms with E-state index in [0.29, 0.717) is 5.56 Å². The molecule has 1 aliphatic carbocycles. The van der Waals surface area contributed by atoms with Gasteiger partial charge in [-0.1, -0.05) is 30.9 Å². The van der Waals surface area contributed by atoms with Gasteiger partial charge in [-0.3, -0.25) is 4.79 Å². The molecule has 0 N–H and O–H groups in total. The molecule has 0 radical (unpaired) electrons. The van der Waals surface area contributed by atoms with E-state index in [9.17, 15) is 10.1 Å². The van der Waals surface area contributed by atoms with Crippen molar-refractivity contribution in [1.29, 1.82) is 5.26 Å². The van der Waals surface area contributed by atoms with Gasteiger partial charge in [-0.25, -0.2) is 4.98 Å². The molecule has 0 spiro atoms. The first-order valence-electron chi connectivity index (χ1n) is 6.40. The maximum absolute atomic E-state index is 12.4. The van der Waals surface area contributed by atoms with Gasteiger partial charge in [0.1, 0.15) is 10.7 Å². The summed E-state index contributed by atoms with van der Waals surface area (Å²) in [5, 5.41) is 9.77. The molecule has 1 aliphatic rings. The minimum Gasteiger partial charge on any atom is -0.323 e. The van der Waals surface area contributed by atoms with E-state index >= 15 is 0 Å². The minimum atomic E-state index is -0.676. The van der Waals surface area contributed by atoms with Crippen molar-refractivity contribution < 1.29 is 4.79 Å². The summed E-state index contributed by atoms with van der Waals surface area (Å²) in [6.45, 7) is 0. The van der Waals surface area contributed by atoms with Crippen molar-refractivity contribution in [2.24, 2.45) is 0 Å². The Labute approximate surface area is 118 Å². The summed E-state index contributed by atoms with van der Waals surface area (Å²) in [4.78, 5) is 17.9. The minimum absolute atomic E-state index is 0.173. The molecular formula is C14H16ClN3O. The van der Waals surface area contributed by atoms with Crippen molar-refractivity contribution in [2.75, 3.05) is 7.05 Å². The van der Waals surface area contributed by atoms with E-state index in [4.69, 9.17) is 11.6 Å². The van der Waals surface area contributed by atoms with Crippen LogP contribution < -0.4 is 0 Å². The summed E-state index contributed by atoms with van der Waals surface area (Å²) >= 11 is 5.80. The second kappa shape index (κ2) is 5.58. The van der Waals surface area contributed by atoms with Gasteiger partial charge in [0.25, 0.3) is 5.91 Å². The van der Waals surface area contributed by atoms with Crippen LogP contribution in [0.2, 0.25) is 5.15 Å². The van der Waals surface area contributed by atoms with Gasteiger partial charge < -0.3 is 4.90 Å². The number of nitriles is 1. The van der Waals surface area contributed by atoms with Crippen molar-refractivity contribution >= 4 is 17.5 Å². The van der Waals surface area contributed by atoms with Gasteiger partial charge in [0.05, 0.1) is 6.07 Å². The van der Waals surface area contributed by atoms with Crippen LogP contribution in [0.25, 0.3) is 0 Å². The Bertz CT molecular complexity index is 518. The van der Waals surface area contributed by atoms with Crippen molar-refractivity contribution in [3.63, 3.8) is 0 Å². The zero-order valence-electron chi connectivity index (χ0n) is 10.9. The van der Waals surface area contributed by atoms with Crippen molar-refractivity contribution in [3.8, 4) is 6.07 Å². The number of hydrogen-bond acceptors (Lipinski definition) is 3. The lowest BCUT2D eigenvalue weighted by Gasteiger charge is -2.39. The fourth-order valence-electron chi connectivity index (χ4n) is 2.58. The van der Waals surface area contributed by atoms with Crippen LogP contribution in [0.3, 0.4) is 0 Å². The largest absolute Gasteiger partial charge is 0.323 e. The summed E-state index contributed by atoms with van der Waals surface area (Å²) < 4.78 is 0. The first-order chi connectivity index (χ1) is 9.09. The van der Waals surface area contributed by atoms with Gasteiger partial charge in [-0.15, -0.1) is 0 Å². The third-order valence-corrected chi connectivity index (χ3v) is 4.02. The molecule has 1 aromatic rings. The van der Waals surface area contributed by atoms with Crippen molar-refractivity contribution in [2.45, 2.75) is 37.6 Å². The highest BCUT2D eigenvalue weighted by atomic mass is 35.5. The predicted molar refractivity (Wildman–Crippen MR) is 72.8 cm³/mol. The third-order valence-electron chi connectivity index (χ3n) is 3.81. The number of carbonyl (C=O) groups excluding carboxylic acids is 1. The smallest absolute Gasteiger partial charge is 0.255 e. The lowest BCUT2D eigenvalue weighted by molar-refractivity contribution is 0.0589. The van der Waals surface area contributed by atoms with E-state index < -0.39 is 5.54 Å². The molecule has 1 heterocycles. The van der Waals surface area contributed by atoms with Crippen LogP contribution in [0.4, 0.5) is 0 Å². The molecule has 0 saturated heterocycles. The molecule has 0 atom stereocenters.